The average Bonchev–Trinajstić information content (AvgIpc) is 2.87. The highest BCUT2D eigenvalue weighted by molar-refractivity contribution is 5.87. The Hall–Kier alpha value is -3.40. The summed E-state index contributed by atoms with van der Waals surface area (Å²) in [4.78, 5) is 28.2. The van der Waals surface area contributed by atoms with Crippen LogP contribution in [0, 0.1) is 0 Å². The Labute approximate surface area is 197 Å². The molecule has 0 radical (unpaired) electrons. The lowest BCUT2D eigenvalue weighted by Crippen LogP contribution is -2.49. The minimum absolute atomic E-state index is 0.0113. The van der Waals surface area contributed by atoms with Crippen LogP contribution < -0.4 is 5.32 Å². The minimum Gasteiger partial charge on any atom is -0.354 e. The maximum Gasteiger partial charge on any atom is 0.242 e. The molecule has 3 aromatic carbocycles. The van der Waals surface area contributed by atoms with Crippen LogP contribution in [0.4, 0.5) is 0 Å². The van der Waals surface area contributed by atoms with Gasteiger partial charge in [-0.1, -0.05) is 97.9 Å². The molecule has 0 aliphatic heterocycles. The number of amides is 2. The van der Waals surface area contributed by atoms with Gasteiger partial charge in [-0.25, -0.2) is 0 Å². The van der Waals surface area contributed by atoms with Crippen molar-refractivity contribution in [2.45, 2.75) is 45.1 Å². The van der Waals surface area contributed by atoms with E-state index < -0.39 is 6.04 Å². The van der Waals surface area contributed by atoms with Gasteiger partial charge in [0.15, 0.2) is 0 Å². The van der Waals surface area contributed by atoms with E-state index in [1.54, 1.807) is 4.90 Å². The summed E-state index contributed by atoms with van der Waals surface area (Å²) >= 11 is 0. The van der Waals surface area contributed by atoms with Crippen LogP contribution in [0.3, 0.4) is 0 Å². The molecule has 4 heteroatoms. The SMILES string of the molecule is CCCNC(=O)[C@H](C)N(CCc1ccccc1)C(=O)CC(c1ccccc1)c1ccccc1. The smallest absolute Gasteiger partial charge is 0.242 e. The molecule has 0 aliphatic rings. The second kappa shape index (κ2) is 12.6. The zero-order valence-electron chi connectivity index (χ0n) is 19.6. The number of nitrogens with zero attached hydrogens (tertiary/aromatic N) is 1. The molecule has 3 rings (SSSR count). The Morgan fingerprint density at radius 1 is 0.818 bits per heavy atom. The fourth-order valence-electron chi connectivity index (χ4n) is 4.06. The quantitative estimate of drug-likeness (QED) is 0.444. The first-order valence-electron chi connectivity index (χ1n) is 11.8. The standard InChI is InChI=1S/C29H34N2O2/c1-3-20-30-29(33)23(2)31(21-19-24-13-7-4-8-14-24)28(32)22-27(25-15-9-5-10-16-25)26-17-11-6-12-18-26/h4-18,23,27H,3,19-22H2,1-2H3,(H,30,33)/t23-/m0/s1. The minimum atomic E-state index is -0.528. The van der Waals surface area contributed by atoms with Crippen LogP contribution in [0.2, 0.25) is 0 Å². The highest BCUT2D eigenvalue weighted by atomic mass is 16.2. The lowest BCUT2D eigenvalue weighted by molar-refractivity contribution is -0.140. The predicted molar refractivity (Wildman–Crippen MR) is 134 cm³/mol. The van der Waals surface area contributed by atoms with E-state index in [4.69, 9.17) is 0 Å². The molecule has 0 unspecified atom stereocenters. The van der Waals surface area contributed by atoms with Gasteiger partial charge in [0.05, 0.1) is 0 Å². The van der Waals surface area contributed by atoms with E-state index in [0.29, 0.717) is 25.9 Å². The van der Waals surface area contributed by atoms with Gasteiger partial charge in [-0.2, -0.15) is 0 Å². The maximum absolute atomic E-state index is 13.7. The van der Waals surface area contributed by atoms with Crippen molar-refractivity contribution >= 4 is 11.8 Å². The maximum atomic E-state index is 13.7. The van der Waals surface area contributed by atoms with Gasteiger partial charge in [-0.05, 0) is 36.5 Å². The second-order valence-electron chi connectivity index (χ2n) is 8.37. The molecule has 4 nitrogen and oxygen atoms in total. The van der Waals surface area contributed by atoms with Gasteiger partial charge >= 0.3 is 0 Å². The Balaban J connectivity index is 1.83. The van der Waals surface area contributed by atoms with Crippen LogP contribution in [-0.4, -0.2) is 35.8 Å². The molecular weight excluding hydrogens is 408 g/mol. The zero-order valence-corrected chi connectivity index (χ0v) is 19.6. The highest BCUT2D eigenvalue weighted by Gasteiger charge is 2.28. The van der Waals surface area contributed by atoms with Gasteiger partial charge in [0.25, 0.3) is 0 Å². The molecule has 0 fully saturated rings. The van der Waals surface area contributed by atoms with Crippen molar-refractivity contribution in [3.05, 3.63) is 108 Å². The number of carbonyl (C=O) groups is 2. The summed E-state index contributed by atoms with van der Waals surface area (Å²) in [5, 5.41) is 2.95. The molecular formula is C29H34N2O2. The molecule has 0 saturated heterocycles. The lowest BCUT2D eigenvalue weighted by atomic mass is 9.88. The van der Waals surface area contributed by atoms with Gasteiger partial charge < -0.3 is 10.2 Å². The van der Waals surface area contributed by atoms with E-state index in [0.717, 1.165) is 23.1 Å². The Kier molecular flexibility index (Phi) is 9.25. The van der Waals surface area contributed by atoms with Crippen molar-refractivity contribution in [3.8, 4) is 0 Å². The first-order valence-corrected chi connectivity index (χ1v) is 11.8. The molecule has 0 bridgehead atoms. The fourth-order valence-corrected chi connectivity index (χ4v) is 4.06. The number of hydrogen-bond donors (Lipinski definition) is 1. The number of carbonyl (C=O) groups excluding carboxylic acids is 2. The van der Waals surface area contributed by atoms with E-state index in [2.05, 4.69) is 41.7 Å². The van der Waals surface area contributed by atoms with Crippen LogP contribution in [-0.2, 0) is 16.0 Å². The van der Waals surface area contributed by atoms with Crippen LogP contribution in [0.25, 0.3) is 0 Å². The number of hydrogen-bond acceptors (Lipinski definition) is 2. The van der Waals surface area contributed by atoms with Crippen molar-refractivity contribution in [1.29, 1.82) is 0 Å². The van der Waals surface area contributed by atoms with E-state index in [9.17, 15) is 9.59 Å². The highest BCUT2D eigenvalue weighted by Crippen LogP contribution is 2.29. The lowest BCUT2D eigenvalue weighted by Gasteiger charge is -2.30. The number of nitrogens with one attached hydrogen (secondary N) is 1. The number of rotatable bonds is 11. The molecule has 0 heterocycles. The summed E-state index contributed by atoms with van der Waals surface area (Å²) in [7, 11) is 0. The Bertz CT molecular complexity index is 950. The van der Waals surface area contributed by atoms with Gasteiger partial charge in [0.1, 0.15) is 6.04 Å². The van der Waals surface area contributed by atoms with Crippen molar-refractivity contribution in [2.24, 2.45) is 0 Å². The molecule has 1 N–H and O–H groups in total. The van der Waals surface area contributed by atoms with Gasteiger partial charge in [0, 0.05) is 25.4 Å². The average molecular weight is 443 g/mol. The number of benzene rings is 3. The summed E-state index contributed by atoms with van der Waals surface area (Å²) in [6.45, 7) is 4.96. The molecule has 0 aliphatic carbocycles. The third kappa shape index (κ3) is 7.04. The molecule has 33 heavy (non-hydrogen) atoms. The molecule has 0 aromatic heterocycles. The Morgan fingerprint density at radius 2 is 1.33 bits per heavy atom. The normalized spacial score (nSPS) is 11.7. The van der Waals surface area contributed by atoms with E-state index in [1.165, 1.54) is 0 Å². The first kappa shape index (κ1) is 24.2. The van der Waals surface area contributed by atoms with Crippen LogP contribution in [0.5, 0.6) is 0 Å². The molecule has 0 saturated carbocycles. The first-order chi connectivity index (χ1) is 16.1. The summed E-state index contributed by atoms with van der Waals surface area (Å²) in [5.41, 5.74) is 3.35. The molecule has 1 atom stereocenters. The van der Waals surface area contributed by atoms with E-state index in [-0.39, 0.29) is 17.7 Å². The van der Waals surface area contributed by atoms with Gasteiger partial charge in [0.2, 0.25) is 11.8 Å². The largest absolute Gasteiger partial charge is 0.354 e. The fraction of sp³-hybridized carbons (Fsp3) is 0.310. The summed E-state index contributed by atoms with van der Waals surface area (Å²) in [6, 6.07) is 29.8. The molecule has 2 amide bonds. The van der Waals surface area contributed by atoms with Crippen molar-refractivity contribution in [2.75, 3.05) is 13.1 Å². The monoisotopic (exact) mass is 442 g/mol. The predicted octanol–water partition coefficient (Wildman–Crippen LogP) is 5.19. The third-order valence-electron chi connectivity index (χ3n) is 5.98. The van der Waals surface area contributed by atoms with Crippen molar-refractivity contribution in [3.63, 3.8) is 0 Å². The van der Waals surface area contributed by atoms with Crippen molar-refractivity contribution in [1.82, 2.24) is 10.2 Å². The van der Waals surface area contributed by atoms with Crippen LogP contribution in [0.1, 0.15) is 49.3 Å². The summed E-state index contributed by atoms with van der Waals surface area (Å²) < 4.78 is 0. The van der Waals surface area contributed by atoms with E-state index >= 15 is 0 Å². The molecule has 172 valence electrons. The Morgan fingerprint density at radius 3 is 1.85 bits per heavy atom. The molecule has 0 spiro atoms. The van der Waals surface area contributed by atoms with Gasteiger partial charge in [-0.15, -0.1) is 0 Å². The topological polar surface area (TPSA) is 49.4 Å². The third-order valence-corrected chi connectivity index (χ3v) is 5.98. The van der Waals surface area contributed by atoms with E-state index in [1.807, 2.05) is 68.4 Å². The van der Waals surface area contributed by atoms with Crippen LogP contribution >= 0.6 is 0 Å². The van der Waals surface area contributed by atoms with Crippen LogP contribution in [0.15, 0.2) is 91.0 Å². The summed E-state index contributed by atoms with van der Waals surface area (Å²) in [6.07, 6.45) is 1.88. The summed E-state index contributed by atoms with van der Waals surface area (Å²) in [5.74, 6) is -0.179. The van der Waals surface area contributed by atoms with Crippen molar-refractivity contribution < 1.29 is 9.59 Å². The zero-order chi connectivity index (χ0) is 23.5. The second-order valence-corrected chi connectivity index (χ2v) is 8.37. The molecule has 3 aromatic rings. The van der Waals surface area contributed by atoms with Gasteiger partial charge in [-0.3, -0.25) is 9.59 Å².